The van der Waals surface area contributed by atoms with Crippen molar-refractivity contribution >= 4 is 17.3 Å². The van der Waals surface area contributed by atoms with Gasteiger partial charge in [-0.2, -0.15) is 0 Å². The van der Waals surface area contributed by atoms with E-state index in [1.165, 1.54) is 5.69 Å². The Bertz CT molecular complexity index is 494. The van der Waals surface area contributed by atoms with Crippen LogP contribution < -0.4 is 10.2 Å². The Labute approximate surface area is 132 Å². The molecule has 2 N–H and O–H groups in total. The Morgan fingerprint density at radius 1 is 1.33 bits per heavy atom. The van der Waals surface area contributed by atoms with Gasteiger partial charge in [0.25, 0.3) is 0 Å². The van der Waals surface area contributed by atoms with Gasteiger partial charge in [0.2, 0.25) is 0 Å². The van der Waals surface area contributed by atoms with Crippen LogP contribution in [0.5, 0.6) is 0 Å². The van der Waals surface area contributed by atoms with Gasteiger partial charge in [-0.15, -0.1) is 0 Å². The van der Waals surface area contributed by atoms with Crippen LogP contribution in [0.15, 0.2) is 18.2 Å². The van der Waals surface area contributed by atoms with Crippen molar-refractivity contribution in [2.24, 2.45) is 11.8 Å². The highest BCUT2D eigenvalue weighted by atomic mass is 35.5. The number of nitrogens with zero attached hydrogens (tertiary/aromatic N) is 1. The molecule has 1 saturated heterocycles. The van der Waals surface area contributed by atoms with E-state index in [0.29, 0.717) is 11.8 Å². The van der Waals surface area contributed by atoms with Crippen LogP contribution in [0.4, 0.5) is 5.69 Å². The molecule has 1 aromatic carbocycles. The van der Waals surface area contributed by atoms with Gasteiger partial charge >= 0.3 is 0 Å². The first-order valence-corrected chi connectivity index (χ1v) is 8.49. The Kier molecular flexibility index (Phi) is 4.72. The van der Waals surface area contributed by atoms with Gasteiger partial charge in [0.05, 0.1) is 6.10 Å². The summed E-state index contributed by atoms with van der Waals surface area (Å²) in [4.78, 5) is 2.38. The molecule has 2 fully saturated rings. The van der Waals surface area contributed by atoms with Gasteiger partial charge in [-0.1, -0.05) is 24.6 Å². The van der Waals surface area contributed by atoms with Crippen molar-refractivity contribution in [3.8, 4) is 0 Å². The summed E-state index contributed by atoms with van der Waals surface area (Å²) in [5, 5.41) is 14.3. The Balaban J connectivity index is 1.65. The zero-order valence-electron chi connectivity index (χ0n) is 12.7. The highest BCUT2D eigenvalue weighted by Crippen LogP contribution is 2.40. The normalized spacial score (nSPS) is 28.1. The van der Waals surface area contributed by atoms with Gasteiger partial charge in [0, 0.05) is 36.3 Å². The zero-order valence-corrected chi connectivity index (χ0v) is 13.4. The molecule has 0 bridgehead atoms. The molecule has 116 valence electrons. The van der Waals surface area contributed by atoms with E-state index in [9.17, 15) is 5.11 Å². The zero-order chi connectivity index (χ0) is 14.8. The van der Waals surface area contributed by atoms with Crippen LogP contribution in [0.2, 0.25) is 5.02 Å². The Morgan fingerprint density at radius 2 is 2.19 bits per heavy atom. The highest BCUT2D eigenvalue weighted by Gasteiger charge is 2.41. The van der Waals surface area contributed by atoms with Gasteiger partial charge < -0.3 is 15.3 Å². The van der Waals surface area contributed by atoms with Gasteiger partial charge in [-0.25, -0.2) is 0 Å². The number of nitrogens with one attached hydrogen (secondary N) is 1. The molecule has 1 aliphatic heterocycles. The number of hydrogen-bond acceptors (Lipinski definition) is 3. The topological polar surface area (TPSA) is 35.5 Å². The van der Waals surface area contributed by atoms with Crippen LogP contribution in [0.25, 0.3) is 0 Å². The predicted molar refractivity (Wildman–Crippen MR) is 87.9 cm³/mol. The molecule has 4 heteroatoms. The average Bonchev–Trinajstić information content (AvgIpc) is 3.03. The first-order valence-electron chi connectivity index (χ1n) is 8.11. The largest absolute Gasteiger partial charge is 0.393 e. The fourth-order valence-electron chi connectivity index (χ4n) is 3.72. The molecular formula is C17H25ClN2O. The molecule has 3 unspecified atom stereocenters. The molecule has 3 rings (SSSR count). The van der Waals surface area contributed by atoms with Crippen molar-refractivity contribution in [3.05, 3.63) is 28.8 Å². The third-order valence-corrected chi connectivity index (χ3v) is 5.31. The molecule has 1 heterocycles. The van der Waals surface area contributed by atoms with Crippen LogP contribution in [0.3, 0.4) is 0 Å². The van der Waals surface area contributed by atoms with Crippen LogP contribution >= 0.6 is 11.6 Å². The van der Waals surface area contributed by atoms with Crippen LogP contribution in [0, 0.1) is 11.8 Å². The van der Waals surface area contributed by atoms with E-state index in [2.05, 4.69) is 35.3 Å². The minimum Gasteiger partial charge on any atom is -0.393 e. The van der Waals surface area contributed by atoms with Gasteiger partial charge in [0.1, 0.15) is 0 Å². The van der Waals surface area contributed by atoms with Crippen molar-refractivity contribution in [1.82, 2.24) is 5.32 Å². The summed E-state index contributed by atoms with van der Waals surface area (Å²) in [6.07, 6.45) is 3.17. The number of rotatable bonds is 5. The lowest BCUT2D eigenvalue weighted by Gasteiger charge is -2.21. The summed E-state index contributed by atoms with van der Waals surface area (Å²) >= 11 is 6.42. The maximum atomic E-state index is 10.0. The summed E-state index contributed by atoms with van der Waals surface area (Å²) in [7, 11) is 0. The smallest absolute Gasteiger partial charge is 0.0588 e. The third kappa shape index (κ3) is 3.20. The predicted octanol–water partition coefficient (Wildman–Crippen LogP) is 3.05. The van der Waals surface area contributed by atoms with E-state index in [4.69, 9.17) is 11.6 Å². The minimum atomic E-state index is -0.104. The Hall–Kier alpha value is -0.770. The standard InChI is InChI=1S/C17H25ClN2O/c1-2-7-19-9-12-3-5-14(8-16(12)18)20-10-13-4-6-17(21)15(13)11-20/h3,5,8,13,15,17,19,21H,2,4,6-7,9-11H2,1H3. The second-order valence-corrected chi connectivity index (χ2v) is 6.83. The monoisotopic (exact) mass is 308 g/mol. The van der Waals surface area contributed by atoms with E-state index in [1.54, 1.807) is 0 Å². The lowest BCUT2D eigenvalue weighted by Crippen LogP contribution is -2.24. The molecule has 3 atom stereocenters. The highest BCUT2D eigenvalue weighted by molar-refractivity contribution is 6.31. The van der Waals surface area contributed by atoms with Crippen molar-refractivity contribution in [2.75, 3.05) is 24.5 Å². The van der Waals surface area contributed by atoms with Crippen LogP contribution in [-0.4, -0.2) is 30.8 Å². The number of aliphatic hydroxyl groups is 1. The molecule has 1 saturated carbocycles. The molecule has 0 spiro atoms. The average molecular weight is 309 g/mol. The molecule has 1 aromatic rings. The minimum absolute atomic E-state index is 0.104. The molecule has 0 aromatic heterocycles. The fraction of sp³-hybridized carbons (Fsp3) is 0.647. The molecule has 1 aliphatic carbocycles. The quantitative estimate of drug-likeness (QED) is 0.821. The molecular weight excluding hydrogens is 284 g/mol. The maximum absolute atomic E-state index is 10.0. The number of benzene rings is 1. The first kappa shape index (κ1) is 15.1. The number of fused-ring (bicyclic) bond motifs is 1. The molecule has 0 radical (unpaired) electrons. The van der Waals surface area contributed by atoms with E-state index in [-0.39, 0.29) is 6.10 Å². The molecule has 2 aliphatic rings. The number of aliphatic hydroxyl groups excluding tert-OH is 1. The summed E-state index contributed by atoms with van der Waals surface area (Å²) < 4.78 is 0. The van der Waals surface area contributed by atoms with Crippen molar-refractivity contribution < 1.29 is 5.11 Å². The van der Waals surface area contributed by atoms with Crippen LogP contribution in [0.1, 0.15) is 31.7 Å². The second-order valence-electron chi connectivity index (χ2n) is 6.43. The van der Waals surface area contributed by atoms with Crippen molar-refractivity contribution in [1.29, 1.82) is 0 Å². The third-order valence-electron chi connectivity index (χ3n) is 4.96. The summed E-state index contributed by atoms with van der Waals surface area (Å²) in [5.74, 6) is 1.11. The van der Waals surface area contributed by atoms with Gasteiger partial charge in [-0.05, 0) is 49.4 Å². The first-order chi connectivity index (χ1) is 10.2. The van der Waals surface area contributed by atoms with Gasteiger partial charge in [0.15, 0.2) is 0 Å². The SMILES string of the molecule is CCCNCc1ccc(N2CC3CCC(O)C3C2)cc1Cl. The van der Waals surface area contributed by atoms with E-state index < -0.39 is 0 Å². The van der Waals surface area contributed by atoms with Gasteiger partial charge in [-0.3, -0.25) is 0 Å². The summed E-state index contributed by atoms with van der Waals surface area (Å²) in [6, 6.07) is 6.38. The number of hydrogen-bond donors (Lipinski definition) is 2. The Morgan fingerprint density at radius 3 is 2.90 bits per heavy atom. The lowest BCUT2D eigenvalue weighted by molar-refractivity contribution is 0.133. The summed E-state index contributed by atoms with van der Waals surface area (Å²) in [5.41, 5.74) is 2.36. The van der Waals surface area contributed by atoms with E-state index in [0.717, 1.165) is 56.0 Å². The maximum Gasteiger partial charge on any atom is 0.0588 e. The molecule has 21 heavy (non-hydrogen) atoms. The van der Waals surface area contributed by atoms with Crippen molar-refractivity contribution in [3.63, 3.8) is 0 Å². The second kappa shape index (κ2) is 6.55. The summed E-state index contributed by atoms with van der Waals surface area (Å²) in [6.45, 7) is 6.04. The van der Waals surface area contributed by atoms with Crippen LogP contribution in [-0.2, 0) is 6.54 Å². The van der Waals surface area contributed by atoms with Crippen molar-refractivity contribution in [2.45, 2.75) is 38.8 Å². The van der Waals surface area contributed by atoms with E-state index in [1.807, 2.05) is 0 Å². The number of anilines is 1. The molecule has 3 nitrogen and oxygen atoms in total. The lowest BCUT2D eigenvalue weighted by atomic mass is 10.00. The fourth-order valence-corrected chi connectivity index (χ4v) is 3.97. The number of halogens is 1. The molecule has 0 amide bonds. The van der Waals surface area contributed by atoms with E-state index >= 15 is 0 Å².